The van der Waals surface area contributed by atoms with E-state index in [4.69, 9.17) is 4.74 Å². The van der Waals surface area contributed by atoms with E-state index in [0.29, 0.717) is 30.9 Å². The maximum Gasteiger partial charge on any atom is 0.350 e. The molecule has 4 rings (SSSR count). The van der Waals surface area contributed by atoms with Gasteiger partial charge in [0.05, 0.1) is 11.3 Å². The molecule has 1 atom stereocenters. The van der Waals surface area contributed by atoms with Crippen molar-refractivity contribution < 1.29 is 18.3 Å². The Morgan fingerprint density at radius 1 is 1.23 bits per heavy atom. The predicted octanol–water partition coefficient (Wildman–Crippen LogP) is 3.54. The lowest BCUT2D eigenvalue weighted by Crippen LogP contribution is -2.29. The fourth-order valence-corrected chi connectivity index (χ4v) is 4.28. The zero-order valence-electron chi connectivity index (χ0n) is 20.3. The summed E-state index contributed by atoms with van der Waals surface area (Å²) in [4.78, 5) is 28.0. The minimum Gasteiger partial charge on any atom is -0.488 e. The van der Waals surface area contributed by atoms with Crippen molar-refractivity contribution in [1.82, 2.24) is 19.2 Å². The van der Waals surface area contributed by atoms with E-state index >= 15 is 4.39 Å². The lowest BCUT2D eigenvalue weighted by molar-refractivity contribution is 0.101. The van der Waals surface area contributed by atoms with Crippen molar-refractivity contribution in [3.8, 4) is 11.4 Å². The number of hydrogen-bond acceptors (Lipinski definition) is 5. The van der Waals surface area contributed by atoms with Crippen LogP contribution in [0.3, 0.4) is 0 Å². The molecule has 2 aromatic carbocycles. The first kappa shape index (κ1) is 24.6. The first-order valence-corrected chi connectivity index (χ1v) is 11.6. The molecule has 0 aliphatic carbocycles. The predicted molar refractivity (Wildman–Crippen MR) is 128 cm³/mol. The number of para-hydroxylation sites is 1. The van der Waals surface area contributed by atoms with Gasteiger partial charge >= 0.3 is 5.69 Å². The molecule has 1 aromatic heterocycles. The number of fused-ring (bicyclic) bond motifs is 1. The van der Waals surface area contributed by atoms with E-state index < -0.39 is 23.2 Å². The van der Waals surface area contributed by atoms with Gasteiger partial charge in [-0.25, -0.2) is 13.6 Å². The van der Waals surface area contributed by atoms with Gasteiger partial charge in [0.2, 0.25) is 0 Å². The van der Waals surface area contributed by atoms with Crippen molar-refractivity contribution in [3.05, 3.63) is 69.4 Å². The van der Waals surface area contributed by atoms with Crippen LogP contribution in [0.25, 0.3) is 5.69 Å². The molecular weight excluding hydrogens is 456 g/mol. The lowest BCUT2D eigenvalue weighted by Gasteiger charge is -2.21. The number of carbonyl (C=O) groups excluding carboxylic acids is 1. The third kappa shape index (κ3) is 5.12. The second-order valence-corrected chi connectivity index (χ2v) is 9.10. The number of anilines is 1. The second kappa shape index (κ2) is 9.99. The number of carbonyl (C=O) groups is 1. The third-order valence-corrected chi connectivity index (χ3v) is 5.90. The van der Waals surface area contributed by atoms with E-state index in [1.807, 2.05) is 25.9 Å². The Morgan fingerprint density at radius 2 is 2.00 bits per heavy atom. The summed E-state index contributed by atoms with van der Waals surface area (Å²) in [5.41, 5.74) is -0.134. The molecule has 1 aliphatic heterocycles. The van der Waals surface area contributed by atoms with Crippen LogP contribution in [0.2, 0.25) is 0 Å². The van der Waals surface area contributed by atoms with Gasteiger partial charge in [-0.3, -0.25) is 9.36 Å². The van der Waals surface area contributed by atoms with Crippen LogP contribution in [0.4, 0.5) is 14.5 Å². The Hall–Kier alpha value is -3.53. The summed E-state index contributed by atoms with van der Waals surface area (Å²) >= 11 is 0. The number of nitrogens with zero attached hydrogens (tertiary/aromatic N) is 4. The number of benzene rings is 2. The molecule has 8 nitrogen and oxygen atoms in total. The van der Waals surface area contributed by atoms with Gasteiger partial charge in [0.1, 0.15) is 35.0 Å². The van der Waals surface area contributed by atoms with Crippen molar-refractivity contribution >= 4 is 11.6 Å². The maximum atomic E-state index is 15.3. The molecular formula is C25H29F2N5O3. The average molecular weight is 486 g/mol. The molecule has 3 aromatic rings. The number of rotatable bonds is 7. The Balaban J connectivity index is 1.77. The monoisotopic (exact) mass is 485 g/mol. The van der Waals surface area contributed by atoms with Crippen molar-refractivity contribution in [2.24, 2.45) is 0 Å². The topological polar surface area (TPSA) is 81.4 Å². The smallest absolute Gasteiger partial charge is 0.350 e. The van der Waals surface area contributed by atoms with Crippen molar-refractivity contribution in [2.45, 2.75) is 45.8 Å². The Labute approximate surface area is 202 Å². The second-order valence-electron chi connectivity index (χ2n) is 9.10. The molecule has 2 heterocycles. The highest BCUT2D eigenvalue weighted by Gasteiger charge is 2.25. The van der Waals surface area contributed by atoms with E-state index in [1.54, 1.807) is 17.6 Å². The quantitative estimate of drug-likeness (QED) is 0.554. The largest absolute Gasteiger partial charge is 0.488 e. The van der Waals surface area contributed by atoms with E-state index in [-0.39, 0.29) is 28.8 Å². The highest BCUT2D eigenvalue weighted by atomic mass is 19.1. The number of nitrogens with one attached hydrogen (secondary N) is 1. The summed E-state index contributed by atoms with van der Waals surface area (Å²) in [6.07, 6.45) is 2.03. The Morgan fingerprint density at radius 3 is 2.69 bits per heavy atom. The maximum absolute atomic E-state index is 15.3. The van der Waals surface area contributed by atoms with E-state index in [2.05, 4.69) is 10.4 Å². The highest BCUT2D eigenvalue weighted by Crippen LogP contribution is 2.29. The summed E-state index contributed by atoms with van der Waals surface area (Å²) < 4.78 is 38.2. The first-order valence-electron chi connectivity index (χ1n) is 11.6. The van der Waals surface area contributed by atoms with Gasteiger partial charge in [-0.15, -0.1) is 5.10 Å². The van der Waals surface area contributed by atoms with Crippen LogP contribution in [0.5, 0.6) is 5.75 Å². The number of halogens is 2. The minimum atomic E-state index is -0.814. The fourth-order valence-electron chi connectivity index (χ4n) is 4.28. The van der Waals surface area contributed by atoms with Gasteiger partial charge < -0.3 is 15.0 Å². The van der Waals surface area contributed by atoms with Crippen LogP contribution in [-0.2, 0) is 13.0 Å². The zero-order chi connectivity index (χ0) is 25.3. The molecule has 10 heteroatoms. The molecule has 0 unspecified atom stereocenters. The van der Waals surface area contributed by atoms with Crippen molar-refractivity contribution in [1.29, 1.82) is 0 Å². The molecule has 35 heavy (non-hydrogen) atoms. The SMILES string of the molecule is Cc1cccc(F)c1NC(=O)c1cc(F)c(-n2nc3n(c2=O)CCCC3)cc1O[C@@H](C)CN(C)C. The van der Waals surface area contributed by atoms with Gasteiger partial charge in [-0.2, -0.15) is 4.68 Å². The van der Waals surface area contributed by atoms with Crippen LogP contribution >= 0.6 is 0 Å². The summed E-state index contributed by atoms with van der Waals surface area (Å²) in [5, 5.41) is 6.86. The van der Waals surface area contributed by atoms with Gasteiger partial charge in [0.15, 0.2) is 0 Å². The number of likely N-dealkylation sites (N-methyl/N-ethyl adjacent to an activating group) is 1. The minimum absolute atomic E-state index is 0.00673. The Bertz CT molecular complexity index is 1290. The van der Waals surface area contributed by atoms with Gasteiger partial charge in [-0.05, 0) is 58.5 Å². The zero-order valence-corrected chi connectivity index (χ0v) is 20.3. The third-order valence-electron chi connectivity index (χ3n) is 5.90. The van der Waals surface area contributed by atoms with E-state index in [9.17, 15) is 14.0 Å². The molecule has 1 N–H and O–H groups in total. The molecule has 186 valence electrons. The molecule has 0 fully saturated rings. The van der Waals surface area contributed by atoms with Gasteiger partial charge in [0, 0.05) is 25.6 Å². The van der Waals surface area contributed by atoms with Crippen LogP contribution in [0.15, 0.2) is 35.1 Å². The first-order chi connectivity index (χ1) is 16.7. The van der Waals surface area contributed by atoms with E-state index in [1.165, 1.54) is 18.2 Å². The summed E-state index contributed by atoms with van der Waals surface area (Å²) in [5.74, 6) is -1.48. The highest BCUT2D eigenvalue weighted by molar-refractivity contribution is 6.06. The molecule has 0 bridgehead atoms. The lowest BCUT2D eigenvalue weighted by atomic mass is 10.1. The van der Waals surface area contributed by atoms with Crippen molar-refractivity contribution in [3.63, 3.8) is 0 Å². The summed E-state index contributed by atoms with van der Waals surface area (Å²) in [7, 11) is 3.75. The molecule has 0 spiro atoms. The van der Waals surface area contributed by atoms with Crippen molar-refractivity contribution in [2.75, 3.05) is 26.0 Å². The fraction of sp³-hybridized carbons (Fsp3) is 0.400. The molecule has 0 saturated heterocycles. The van der Waals surface area contributed by atoms with Gasteiger partial charge in [0.25, 0.3) is 5.91 Å². The van der Waals surface area contributed by atoms with Crippen LogP contribution in [0.1, 0.15) is 41.5 Å². The molecule has 0 saturated carbocycles. The number of aromatic nitrogens is 3. The normalized spacial score (nSPS) is 14.0. The number of amides is 1. The number of ether oxygens (including phenoxy) is 1. The summed E-state index contributed by atoms with van der Waals surface area (Å²) in [6, 6.07) is 6.74. The Kier molecular flexibility index (Phi) is 7.02. The van der Waals surface area contributed by atoms with Crippen LogP contribution < -0.4 is 15.7 Å². The molecule has 1 amide bonds. The molecule has 0 radical (unpaired) electrons. The van der Waals surface area contributed by atoms with E-state index in [0.717, 1.165) is 23.6 Å². The number of hydrogen-bond donors (Lipinski definition) is 1. The average Bonchev–Trinajstić information content (AvgIpc) is 3.13. The van der Waals surface area contributed by atoms with Gasteiger partial charge in [-0.1, -0.05) is 12.1 Å². The van der Waals surface area contributed by atoms with Crippen LogP contribution in [-0.4, -0.2) is 51.9 Å². The standard InChI is InChI=1S/C25H29F2N5O3/c1-15-8-7-9-18(26)23(15)28-24(33)17-12-19(27)20(13-21(17)35-16(2)14-30(3)4)32-25(34)31-11-6-5-10-22(31)29-32/h7-9,12-13,16H,5-6,10-11,14H2,1-4H3,(H,28,33)/t16-/m0/s1. The number of aryl methyl sites for hydroxylation is 2. The van der Waals surface area contributed by atoms with Crippen LogP contribution in [0, 0.1) is 18.6 Å². The summed E-state index contributed by atoms with van der Waals surface area (Å²) in [6.45, 7) is 4.53. The molecule has 1 aliphatic rings.